The Kier molecular flexibility index (Phi) is 4.52. The Hall–Kier alpha value is -1.43. The van der Waals surface area contributed by atoms with E-state index in [0.29, 0.717) is 22.2 Å². The van der Waals surface area contributed by atoms with E-state index in [1.807, 2.05) is 0 Å². The fourth-order valence-electron chi connectivity index (χ4n) is 1.50. The highest BCUT2D eigenvalue weighted by Gasteiger charge is 2.18. The summed E-state index contributed by atoms with van der Waals surface area (Å²) >= 11 is 7.00. The second-order valence-electron chi connectivity index (χ2n) is 3.75. The Morgan fingerprint density at radius 1 is 1.47 bits per heavy atom. The van der Waals surface area contributed by atoms with E-state index < -0.39 is 12.1 Å². The van der Waals surface area contributed by atoms with Crippen molar-refractivity contribution < 1.29 is 14.6 Å². The summed E-state index contributed by atoms with van der Waals surface area (Å²) in [5, 5.41) is 12.8. The van der Waals surface area contributed by atoms with Gasteiger partial charge in [0.2, 0.25) is 0 Å². The zero-order valence-electron chi connectivity index (χ0n) is 10.2. The first-order chi connectivity index (χ1) is 9.11. The number of hydrogen-bond acceptors (Lipinski definition) is 5. The fourth-order valence-corrected chi connectivity index (χ4v) is 2.42. The lowest BCUT2D eigenvalue weighted by Gasteiger charge is -2.07. The summed E-state index contributed by atoms with van der Waals surface area (Å²) < 4.78 is 4.85. The van der Waals surface area contributed by atoms with Gasteiger partial charge in [0.25, 0.3) is 0 Å². The van der Waals surface area contributed by atoms with Gasteiger partial charge in [0, 0.05) is 10.4 Å². The largest absolute Gasteiger partial charge is 0.461 e. The van der Waals surface area contributed by atoms with E-state index in [4.69, 9.17) is 16.3 Å². The summed E-state index contributed by atoms with van der Waals surface area (Å²) in [4.78, 5) is 15.6. The molecule has 19 heavy (non-hydrogen) atoms. The number of rotatable bonds is 4. The molecule has 0 saturated carbocycles. The fraction of sp³-hybridized carbons (Fsp3) is 0.231. The number of nitrogens with zero attached hydrogens (tertiary/aromatic N) is 1. The highest BCUT2D eigenvalue weighted by Crippen LogP contribution is 2.26. The van der Waals surface area contributed by atoms with E-state index in [1.54, 1.807) is 36.6 Å². The van der Waals surface area contributed by atoms with Crippen molar-refractivity contribution in [1.29, 1.82) is 0 Å². The Labute approximate surface area is 119 Å². The Morgan fingerprint density at radius 2 is 2.16 bits per heavy atom. The zero-order chi connectivity index (χ0) is 13.8. The van der Waals surface area contributed by atoms with Crippen LogP contribution in [0.15, 0.2) is 29.6 Å². The maximum atomic E-state index is 11.5. The number of aromatic nitrogens is 1. The third kappa shape index (κ3) is 3.32. The van der Waals surface area contributed by atoms with Crippen LogP contribution in [0.1, 0.15) is 34.1 Å². The monoisotopic (exact) mass is 297 g/mol. The molecule has 4 nitrogen and oxygen atoms in total. The van der Waals surface area contributed by atoms with Crippen molar-refractivity contribution in [1.82, 2.24) is 4.98 Å². The van der Waals surface area contributed by atoms with Gasteiger partial charge >= 0.3 is 5.97 Å². The van der Waals surface area contributed by atoms with Gasteiger partial charge in [-0.1, -0.05) is 23.7 Å². The number of halogens is 1. The van der Waals surface area contributed by atoms with Crippen LogP contribution in [-0.2, 0) is 4.74 Å². The van der Waals surface area contributed by atoms with Crippen molar-refractivity contribution >= 4 is 28.9 Å². The van der Waals surface area contributed by atoms with Crippen LogP contribution in [-0.4, -0.2) is 22.7 Å². The van der Waals surface area contributed by atoms with Crippen LogP contribution in [0.4, 0.5) is 0 Å². The Balaban J connectivity index is 2.18. The molecule has 0 radical (unpaired) electrons. The average Bonchev–Trinajstić information content (AvgIpc) is 2.89. The second kappa shape index (κ2) is 6.14. The van der Waals surface area contributed by atoms with Crippen LogP contribution in [0.25, 0.3) is 0 Å². The number of hydrogen-bond donors (Lipinski definition) is 1. The molecule has 1 atom stereocenters. The van der Waals surface area contributed by atoms with E-state index >= 15 is 0 Å². The maximum absolute atomic E-state index is 11.5. The standard InChI is InChI=1S/C13H12ClNO3S/c1-2-18-13(17)10-7-19-12(15-10)11(16)8-3-5-9(14)6-4-8/h3-7,11,16H,2H2,1H3. The topological polar surface area (TPSA) is 59.4 Å². The normalized spacial score (nSPS) is 12.2. The van der Waals surface area contributed by atoms with E-state index in [-0.39, 0.29) is 5.69 Å². The highest BCUT2D eigenvalue weighted by molar-refractivity contribution is 7.09. The molecule has 1 heterocycles. The van der Waals surface area contributed by atoms with Crippen LogP contribution in [0.2, 0.25) is 5.02 Å². The van der Waals surface area contributed by atoms with E-state index in [9.17, 15) is 9.90 Å². The summed E-state index contributed by atoms with van der Waals surface area (Å²) in [6.45, 7) is 2.03. The number of thiazole rings is 1. The van der Waals surface area contributed by atoms with Crippen molar-refractivity contribution in [3.8, 4) is 0 Å². The molecule has 0 saturated heterocycles. The van der Waals surface area contributed by atoms with Crippen molar-refractivity contribution in [2.45, 2.75) is 13.0 Å². The van der Waals surface area contributed by atoms with Gasteiger partial charge in [-0.05, 0) is 24.6 Å². The molecule has 0 aliphatic rings. The number of carbonyl (C=O) groups excluding carboxylic acids is 1. The van der Waals surface area contributed by atoms with Crippen molar-refractivity contribution in [2.24, 2.45) is 0 Å². The van der Waals surface area contributed by atoms with Crippen molar-refractivity contribution in [3.05, 3.63) is 50.9 Å². The lowest BCUT2D eigenvalue weighted by Crippen LogP contribution is -2.06. The van der Waals surface area contributed by atoms with Gasteiger partial charge in [-0.3, -0.25) is 0 Å². The zero-order valence-corrected chi connectivity index (χ0v) is 11.7. The molecule has 6 heteroatoms. The smallest absolute Gasteiger partial charge is 0.357 e. The Bertz CT molecular complexity index is 568. The SMILES string of the molecule is CCOC(=O)c1csc(C(O)c2ccc(Cl)cc2)n1. The minimum absolute atomic E-state index is 0.217. The molecule has 1 aromatic carbocycles. The first-order valence-electron chi connectivity index (χ1n) is 5.68. The number of aliphatic hydroxyl groups is 1. The van der Waals surface area contributed by atoms with Crippen molar-refractivity contribution in [2.75, 3.05) is 6.61 Å². The molecular weight excluding hydrogens is 286 g/mol. The third-order valence-electron chi connectivity index (χ3n) is 2.43. The Morgan fingerprint density at radius 3 is 2.79 bits per heavy atom. The number of aliphatic hydroxyl groups excluding tert-OH is 1. The minimum Gasteiger partial charge on any atom is -0.461 e. The maximum Gasteiger partial charge on any atom is 0.357 e. The van der Waals surface area contributed by atoms with Gasteiger partial charge in [-0.15, -0.1) is 11.3 Å². The summed E-state index contributed by atoms with van der Waals surface area (Å²) in [6, 6.07) is 6.83. The molecule has 0 bridgehead atoms. The first kappa shape index (κ1) is 14.0. The molecule has 0 spiro atoms. The summed E-state index contributed by atoms with van der Waals surface area (Å²) in [5.74, 6) is -0.478. The molecule has 1 unspecified atom stereocenters. The third-order valence-corrected chi connectivity index (χ3v) is 3.58. The molecular formula is C13H12ClNO3S. The van der Waals surface area contributed by atoms with Crippen LogP contribution in [0, 0.1) is 0 Å². The first-order valence-corrected chi connectivity index (χ1v) is 6.93. The predicted molar refractivity (Wildman–Crippen MR) is 73.6 cm³/mol. The van der Waals surface area contributed by atoms with E-state index in [2.05, 4.69) is 4.98 Å². The number of ether oxygens (including phenoxy) is 1. The van der Waals surface area contributed by atoms with Gasteiger partial charge in [0.1, 0.15) is 11.1 Å². The van der Waals surface area contributed by atoms with Gasteiger partial charge in [0.15, 0.2) is 5.69 Å². The molecule has 0 amide bonds. The highest BCUT2D eigenvalue weighted by atomic mass is 35.5. The predicted octanol–water partition coefficient (Wildman–Crippen LogP) is 3.05. The summed E-state index contributed by atoms with van der Waals surface area (Å²) in [5.41, 5.74) is 0.893. The average molecular weight is 298 g/mol. The van der Waals surface area contributed by atoms with Crippen LogP contribution in [0.3, 0.4) is 0 Å². The van der Waals surface area contributed by atoms with E-state index in [0.717, 1.165) is 0 Å². The van der Waals surface area contributed by atoms with Crippen LogP contribution in [0.5, 0.6) is 0 Å². The minimum atomic E-state index is -0.870. The molecule has 1 aromatic heterocycles. The van der Waals surface area contributed by atoms with Crippen LogP contribution >= 0.6 is 22.9 Å². The lowest BCUT2D eigenvalue weighted by atomic mass is 10.1. The lowest BCUT2D eigenvalue weighted by molar-refractivity contribution is 0.0520. The summed E-state index contributed by atoms with van der Waals surface area (Å²) in [7, 11) is 0. The van der Waals surface area contributed by atoms with Crippen LogP contribution < -0.4 is 0 Å². The quantitative estimate of drug-likeness (QED) is 0.881. The molecule has 2 aromatic rings. The van der Waals surface area contributed by atoms with Gasteiger partial charge in [-0.25, -0.2) is 9.78 Å². The number of benzene rings is 1. The molecule has 1 N–H and O–H groups in total. The molecule has 0 fully saturated rings. The molecule has 2 rings (SSSR count). The molecule has 100 valence electrons. The van der Waals surface area contributed by atoms with E-state index in [1.165, 1.54) is 11.3 Å². The molecule has 0 aliphatic carbocycles. The van der Waals surface area contributed by atoms with Crippen molar-refractivity contribution in [3.63, 3.8) is 0 Å². The van der Waals surface area contributed by atoms with Gasteiger partial charge in [-0.2, -0.15) is 0 Å². The number of carbonyl (C=O) groups is 1. The van der Waals surface area contributed by atoms with Gasteiger partial charge < -0.3 is 9.84 Å². The van der Waals surface area contributed by atoms with Gasteiger partial charge in [0.05, 0.1) is 6.61 Å². The second-order valence-corrected chi connectivity index (χ2v) is 5.07. The molecule has 0 aliphatic heterocycles. The summed E-state index contributed by atoms with van der Waals surface area (Å²) in [6.07, 6.45) is -0.870. The number of esters is 1.